The highest BCUT2D eigenvalue weighted by atomic mass is 32.1. The first-order valence-electron chi connectivity index (χ1n) is 10.0. The number of likely N-dealkylation sites (tertiary alicyclic amines) is 1. The van der Waals surface area contributed by atoms with Crippen LogP contribution in [0.25, 0.3) is 0 Å². The normalized spacial score (nSPS) is 17.3. The molecule has 2 N–H and O–H groups in total. The number of hydrogen-bond acceptors (Lipinski definition) is 5. The second-order valence-corrected chi connectivity index (χ2v) is 8.64. The Morgan fingerprint density at radius 1 is 1.23 bits per heavy atom. The maximum atomic E-state index is 14.0. The second-order valence-electron chi connectivity index (χ2n) is 7.74. The number of carbonyl (C=O) groups is 3. The van der Waals surface area contributed by atoms with E-state index in [1.54, 1.807) is 25.4 Å². The highest BCUT2D eigenvalue weighted by molar-refractivity contribution is 7.13. The molecule has 7 nitrogen and oxygen atoms in total. The molecule has 0 aliphatic carbocycles. The summed E-state index contributed by atoms with van der Waals surface area (Å²) < 4.78 is 27.9. The summed E-state index contributed by atoms with van der Waals surface area (Å²) in [6.07, 6.45) is 2.84. The van der Waals surface area contributed by atoms with Crippen molar-refractivity contribution >= 4 is 34.2 Å². The van der Waals surface area contributed by atoms with E-state index in [0.29, 0.717) is 24.5 Å². The minimum atomic E-state index is -0.996. The molecular weight excluding hydrogens is 426 g/mol. The van der Waals surface area contributed by atoms with Crippen LogP contribution in [-0.2, 0) is 9.59 Å². The summed E-state index contributed by atoms with van der Waals surface area (Å²) in [4.78, 5) is 43.7. The number of halogens is 2. The lowest BCUT2D eigenvalue weighted by atomic mass is 9.95. The highest BCUT2D eigenvalue weighted by Gasteiger charge is 2.34. The molecule has 3 amide bonds. The fraction of sp³-hybridized carbons (Fsp3) is 0.429. The maximum Gasteiger partial charge on any atom is 0.257 e. The van der Waals surface area contributed by atoms with Gasteiger partial charge in [0.2, 0.25) is 11.8 Å². The number of aromatic nitrogens is 1. The summed E-state index contributed by atoms with van der Waals surface area (Å²) in [5, 5.41) is 7.46. The third-order valence-corrected chi connectivity index (χ3v) is 5.86. The van der Waals surface area contributed by atoms with E-state index in [1.807, 2.05) is 0 Å². The molecule has 0 saturated carbocycles. The van der Waals surface area contributed by atoms with Gasteiger partial charge < -0.3 is 15.5 Å². The molecule has 0 bridgehead atoms. The van der Waals surface area contributed by atoms with Crippen LogP contribution in [0.1, 0.15) is 37.0 Å². The van der Waals surface area contributed by atoms with Crippen LogP contribution in [0.4, 0.5) is 13.9 Å². The monoisotopic (exact) mass is 450 g/mol. The molecule has 1 aliphatic rings. The smallest absolute Gasteiger partial charge is 0.257 e. The average Bonchev–Trinajstić information content (AvgIpc) is 3.24. The van der Waals surface area contributed by atoms with Crippen molar-refractivity contribution in [1.29, 1.82) is 0 Å². The number of hydrogen-bond donors (Lipinski definition) is 2. The van der Waals surface area contributed by atoms with Gasteiger partial charge in [-0.1, -0.05) is 19.9 Å². The molecule has 31 heavy (non-hydrogen) atoms. The van der Waals surface area contributed by atoms with Crippen molar-refractivity contribution < 1.29 is 23.2 Å². The highest BCUT2D eigenvalue weighted by Crippen LogP contribution is 2.22. The van der Waals surface area contributed by atoms with Crippen LogP contribution in [0.5, 0.6) is 0 Å². The standard InChI is InChI=1S/C21H24F2N4O3S/c1-12(2)17(25-19(29)16-14(22)6-3-7-15(16)23)20(30)27-9-4-5-13(11-27)18(28)26-21-24-8-10-31-21/h3,6-8,10,12-13,17H,4-5,9,11H2,1-2H3,(H,25,29)(H,24,26,28)/t13?,17-/m0/s1. The van der Waals surface area contributed by atoms with Crippen LogP contribution >= 0.6 is 11.3 Å². The maximum absolute atomic E-state index is 14.0. The van der Waals surface area contributed by atoms with Gasteiger partial charge in [-0.25, -0.2) is 13.8 Å². The van der Waals surface area contributed by atoms with E-state index in [2.05, 4.69) is 15.6 Å². The van der Waals surface area contributed by atoms with Crippen molar-refractivity contribution in [1.82, 2.24) is 15.2 Å². The van der Waals surface area contributed by atoms with Gasteiger partial charge >= 0.3 is 0 Å². The lowest BCUT2D eigenvalue weighted by Crippen LogP contribution is -2.54. The van der Waals surface area contributed by atoms with Gasteiger partial charge in [0.15, 0.2) is 5.13 Å². The summed E-state index contributed by atoms with van der Waals surface area (Å²) in [5.74, 6) is -4.31. The first kappa shape index (κ1) is 22.8. The minimum Gasteiger partial charge on any atom is -0.340 e. The Bertz CT molecular complexity index is 932. The quantitative estimate of drug-likeness (QED) is 0.708. The van der Waals surface area contributed by atoms with E-state index in [1.165, 1.54) is 16.2 Å². The van der Waals surface area contributed by atoms with E-state index in [9.17, 15) is 23.2 Å². The van der Waals surface area contributed by atoms with Gasteiger partial charge in [0, 0.05) is 24.7 Å². The van der Waals surface area contributed by atoms with Gasteiger partial charge in [-0.05, 0) is 30.9 Å². The van der Waals surface area contributed by atoms with Crippen molar-refractivity contribution in [3.63, 3.8) is 0 Å². The molecule has 0 radical (unpaired) electrons. The van der Waals surface area contributed by atoms with Crippen LogP contribution in [-0.4, -0.2) is 46.7 Å². The largest absolute Gasteiger partial charge is 0.340 e. The zero-order chi connectivity index (χ0) is 22.5. The first-order chi connectivity index (χ1) is 14.8. The van der Waals surface area contributed by atoms with E-state index < -0.39 is 35.1 Å². The molecule has 166 valence electrons. The lowest BCUT2D eigenvalue weighted by Gasteiger charge is -2.35. The Kier molecular flexibility index (Phi) is 7.32. The third-order valence-electron chi connectivity index (χ3n) is 5.18. The molecule has 2 atom stereocenters. The van der Waals surface area contributed by atoms with Gasteiger partial charge in [0.1, 0.15) is 23.2 Å². The Morgan fingerprint density at radius 3 is 2.55 bits per heavy atom. The van der Waals surface area contributed by atoms with Crippen molar-refractivity contribution in [2.45, 2.75) is 32.7 Å². The molecule has 1 aromatic heterocycles. The number of carbonyl (C=O) groups excluding carboxylic acids is 3. The molecule has 2 heterocycles. The Labute approximate surface area is 182 Å². The zero-order valence-corrected chi connectivity index (χ0v) is 18.0. The predicted molar refractivity (Wildman–Crippen MR) is 112 cm³/mol. The van der Waals surface area contributed by atoms with Crippen LogP contribution < -0.4 is 10.6 Å². The second kappa shape index (κ2) is 9.95. The molecule has 1 fully saturated rings. The molecule has 0 spiro atoms. The van der Waals surface area contributed by atoms with Crippen molar-refractivity contribution in [3.05, 3.63) is 47.0 Å². The molecular formula is C21H24F2N4O3S. The fourth-order valence-corrected chi connectivity index (χ4v) is 4.05. The first-order valence-corrected chi connectivity index (χ1v) is 10.9. The van der Waals surface area contributed by atoms with Crippen molar-refractivity contribution in [3.8, 4) is 0 Å². The predicted octanol–water partition coefficient (Wildman–Crippen LogP) is 3.05. The number of nitrogens with one attached hydrogen (secondary N) is 2. The molecule has 1 aliphatic heterocycles. The fourth-order valence-electron chi connectivity index (χ4n) is 3.52. The Hall–Kier alpha value is -2.88. The van der Waals surface area contributed by atoms with Gasteiger partial charge in [-0.2, -0.15) is 0 Å². The SMILES string of the molecule is CC(C)[C@H](NC(=O)c1c(F)cccc1F)C(=O)N1CCCC(C(=O)Nc2nccs2)C1. The van der Waals surface area contributed by atoms with Gasteiger partial charge in [-0.3, -0.25) is 14.4 Å². The molecule has 1 aromatic carbocycles. The zero-order valence-electron chi connectivity index (χ0n) is 17.2. The van der Waals surface area contributed by atoms with Gasteiger partial charge in [-0.15, -0.1) is 11.3 Å². The number of amides is 3. The number of rotatable bonds is 6. The lowest BCUT2D eigenvalue weighted by molar-refractivity contribution is -0.137. The molecule has 1 unspecified atom stereocenters. The van der Waals surface area contributed by atoms with Crippen LogP contribution in [0.3, 0.4) is 0 Å². The topological polar surface area (TPSA) is 91.4 Å². The molecule has 3 rings (SSSR count). The summed E-state index contributed by atoms with van der Waals surface area (Å²) >= 11 is 1.31. The summed E-state index contributed by atoms with van der Waals surface area (Å²) in [7, 11) is 0. The molecule has 10 heteroatoms. The number of anilines is 1. The third kappa shape index (κ3) is 5.43. The van der Waals surface area contributed by atoms with Crippen LogP contribution in [0.2, 0.25) is 0 Å². The van der Waals surface area contributed by atoms with Crippen molar-refractivity contribution in [2.75, 3.05) is 18.4 Å². The minimum absolute atomic E-state index is 0.198. The van der Waals surface area contributed by atoms with Crippen molar-refractivity contribution in [2.24, 2.45) is 11.8 Å². The number of nitrogens with zero attached hydrogens (tertiary/aromatic N) is 2. The van der Waals surface area contributed by atoms with E-state index in [0.717, 1.165) is 18.2 Å². The van der Waals surface area contributed by atoms with Gasteiger partial charge in [0.05, 0.1) is 5.92 Å². The van der Waals surface area contributed by atoms with Gasteiger partial charge in [0.25, 0.3) is 5.91 Å². The number of benzene rings is 1. The Balaban J connectivity index is 1.69. The van der Waals surface area contributed by atoms with E-state index in [-0.39, 0.29) is 24.3 Å². The Morgan fingerprint density at radius 2 is 1.94 bits per heavy atom. The summed E-state index contributed by atoms with van der Waals surface area (Å²) in [6, 6.07) is 2.16. The summed E-state index contributed by atoms with van der Waals surface area (Å²) in [6.45, 7) is 4.10. The molecule has 2 aromatic rings. The number of piperidine rings is 1. The van der Waals surface area contributed by atoms with E-state index >= 15 is 0 Å². The average molecular weight is 451 g/mol. The molecule has 1 saturated heterocycles. The summed E-state index contributed by atoms with van der Waals surface area (Å²) in [5.41, 5.74) is -0.722. The van der Waals surface area contributed by atoms with Crippen LogP contribution in [0, 0.1) is 23.5 Å². The van der Waals surface area contributed by atoms with Crippen LogP contribution in [0.15, 0.2) is 29.8 Å². The van der Waals surface area contributed by atoms with E-state index in [4.69, 9.17) is 0 Å². The number of thiazole rings is 1.